The highest BCUT2D eigenvalue weighted by Crippen LogP contribution is 2.32. The van der Waals surface area contributed by atoms with Gasteiger partial charge in [-0.05, 0) is 45.4 Å². The van der Waals surface area contributed by atoms with Crippen LogP contribution >= 0.6 is 0 Å². The molecule has 0 aliphatic carbocycles. The summed E-state index contributed by atoms with van der Waals surface area (Å²) in [5, 5.41) is 12.1. The molecule has 0 aliphatic heterocycles. The molecule has 1 N–H and O–H groups in total. The third kappa shape index (κ3) is 3.84. The number of aromatic nitrogens is 4. The molecule has 2 aromatic heterocycles. The minimum absolute atomic E-state index is 0.0160. The molecule has 27 heavy (non-hydrogen) atoms. The molecule has 0 aliphatic rings. The van der Waals surface area contributed by atoms with Gasteiger partial charge in [-0.15, -0.1) is 0 Å². The summed E-state index contributed by atoms with van der Waals surface area (Å²) in [5.41, 5.74) is 2.02. The molecular weight excluding hydrogens is 346 g/mol. The van der Waals surface area contributed by atoms with Crippen LogP contribution in [-0.4, -0.2) is 31.6 Å². The molecule has 8 heteroatoms. The number of ether oxygens (including phenoxy) is 1. The van der Waals surface area contributed by atoms with Crippen molar-refractivity contribution in [2.45, 2.75) is 40.3 Å². The molecule has 0 fully saturated rings. The van der Waals surface area contributed by atoms with E-state index in [1.165, 1.54) is 6.07 Å². The Bertz CT molecular complexity index is 1070. The fourth-order valence-electron chi connectivity index (χ4n) is 2.82. The summed E-state index contributed by atoms with van der Waals surface area (Å²) < 4.78 is 8.68. The van der Waals surface area contributed by atoms with Crippen LogP contribution < -0.4 is 15.6 Å². The molecule has 0 unspecified atom stereocenters. The first kappa shape index (κ1) is 18.6. The van der Waals surface area contributed by atoms with Crippen LogP contribution in [0, 0.1) is 13.8 Å². The molecule has 0 atom stereocenters. The predicted octanol–water partition coefficient (Wildman–Crippen LogP) is 2.17. The standard InChI is InChI=1S/C19H23N5O3/c1-11(2)27-15-8-6-7-14-18(15)19(22-23(14)5)20-16(25)10-24-17(26)9-12(3)13(4)21-24/h6-9,11H,10H2,1-5H3,(H,20,22,25). The van der Waals surface area contributed by atoms with Gasteiger partial charge >= 0.3 is 0 Å². The third-order valence-corrected chi connectivity index (χ3v) is 4.19. The van der Waals surface area contributed by atoms with E-state index in [4.69, 9.17) is 4.74 Å². The van der Waals surface area contributed by atoms with Crippen molar-refractivity contribution in [1.29, 1.82) is 0 Å². The van der Waals surface area contributed by atoms with Crippen molar-refractivity contribution in [2.24, 2.45) is 7.05 Å². The second-order valence-electron chi connectivity index (χ2n) is 6.75. The van der Waals surface area contributed by atoms with Crippen LogP contribution in [0.5, 0.6) is 5.75 Å². The Morgan fingerprint density at radius 2 is 2.00 bits per heavy atom. The van der Waals surface area contributed by atoms with Crippen molar-refractivity contribution in [3.8, 4) is 5.75 Å². The minimum atomic E-state index is -0.382. The molecular formula is C19H23N5O3. The van der Waals surface area contributed by atoms with Gasteiger partial charge in [0.25, 0.3) is 5.56 Å². The quantitative estimate of drug-likeness (QED) is 0.744. The molecule has 0 radical (unpaired) electrons. The number of nitrogens with zero attached hydrogens (tertiary/aromatic N) is 4. The van der Waals surface area contributed by atoms with Gasteiger partial charge in [0.05, 0.1) is 22.7 Å². The summed E-state index contributed by atoms with van der Waals surface area (Å²) in [5.74, 6) is 0.658. The van der Waals surface area contributed by atoms with E-state index in [1.54, 1.807) is 18.7 Å². The zero-order chi connectivity index (χ0) is 19.7. The number of carbonyl (C=O) groups excluding carboxylic acids is 1. The Morgan fingerprint density at radius 3 is 2.70 bits per heavy atom. The zero-order valence-electron chi connectivity index (χ0n) is 16.1. The molecule has 1 aromatic carbocycles. The summed E-state index contributed by atoms with van der Waals surface area (Å²) in [7, 11) is 1.80. The second kappa shape index (κ2) is 7.22. The first-order chi connectivity index (χ1) is 12.8. The number of carbonyl (C=O) groups is 1. The first-order valence-electron chi connectivity index (χ1n) is 8.74. The van der Waals surface area contributed by atoms with Gasteiger partial charge in [0.15, 0.2) is 5.82 Å². The van der Waals surface area contributed by atoms with E-state index in [2.05, 4.69) is 15.5 Å². The summed E-state index contributed by atoms with van der Waals surface area (Å²) in [4.78, 5) is 24.6. The molecule has 1 amide bonds. The monoisotopic (exact) mass is 369 g/mol. The lowest BCUT2D eigenvalue weighted by Gasteiger charge is -2.12. The highest BCUT2D eigenvalue weighted by atomic mass is 16.5. The van der Waals surface area contributed by atoms with Crippen molar-refractivity contribution in [3.05, 3.63) is 45.9 Å². The van der Waals surface area contributed by atoms with Crippen LogP contribution in [0.25, 0.3) is 10.9 Å². The maximum atomic E-state index is 12.5. The number of fused-ring (bicyclic) bond motifs is 1. The predicted molar refractivity (Wildman–Crippen MR) is 103 cm³/mol. The lowest BCUT2D eigenvalue weighted by Crippen LogP contribution is -2.30. The minimum Gasteiger partial charge on any atom is -0.490 e. The maximum Gasteiger partial charge on any atom is 0.267 e. The van der Waals surface area contributed by atoms with Gasteiger partial charge in [-0.1, -0.05) is 6.07 Å². The van der Waals surface area contributed by atoms with Crippen molar-refractivity contribution in [1.82, 2.24) is 19.6 Å². The van der Waals surface area contributed by atoms with Crippen LogP contribution in [0.3, 0.4) is 0 Å². The van der Waals surface area contributed by atoms with Crippen LogP contribution in [0.1, 0.15) is 25.1 Å². The number of hydrogen-bond donors (Lipinski definition) is 1. The van der Waals surface area contributed by atoms with Crippen molar-refractivity contribution >= 4 is 22.6 Å². The van der Waals surface area contributed by atoms with Crippen LogP contribution in [0.15, 0.2) is 29.1 Å². The Morgan fingerprint density at radius 1 is 1.26 bits per heavy atom. The SMILES string of the molecule is Cc1cc(=O)n(CC(=O)Nc2nn(C)c3cccc(OC(C)C)c23)nc1C. The van der Waals surface area contributed by atoms with Gasteiger partial charge in [0, 0.05) is 13.1 Å². The average molecular weight is 369 g/mol. The van der Waals surface area contributed by atoms with Gasteiger partial charge in [0.2, 0.25) is 5.91 Å². The van der Waals surface area contributed by atoms with Gasteiger partial charge in [0.1, 0.15) is 12.3 Å². The fraction of sp³-hybridized carbons (Fsp3) is 0.368. The highest BCUT2D eigenvalue weighted by Gasteiger charge is 2.17. The number of rotatable bonds is 5. The molecule has 0 saturated heterocycles. The summed E-state index contributed by atoms with van der Waals surface area (Å²) in [6.07, 6.45) is -0.0160. The van der Waals surface area contributed by atoms with E-state index in [9.17, 15) is 9.59 Å². The second-order valence-corrected chi connectivity index (χ2v) is 6.75. The van der Waals surface area contributed by atoms with Crippen LogP contribution in [0.2, 0.25) is 0 Å². The molecule has 2 heterocycles. The lowest BCUT2D eigenvalue weighted by atomic mass is 10.2. The summed E-state index contributed by atoms with van der Waals surface area (Å²) in [6, 6.07) is 7.10. The van der Waals surface area contributed by atoms with Gasteiger partial charge in [-0.25, -0.2) is 4.68 Å². The average Bonchev–Trinajstić information content (AvgIpc) is 2.89. The first-order valence-corrected chi connectivity index (χ1v) is 8.74. The normalized spacial score (nSPS) is 11.2. The van der Waals surface area contributed by atoms with Gasteiger partial charge < -0.3 is 10.1 Å². The van der Waals surface area contributed by atoms with Crippen molar-refractivity contribution in [3.63, 3.8) is 0 Å². The Balaban J connectivity index is 1.91. The zero-order valence-corrected chi connectivity index (χ0v) is 16.1. The molecule has 0 spiro atoms. The highest BCUT2D eigenvalue weighted by molar-refractivity contribution is 6.02. The topological polar surface area (TPSA) is 91.0 Å². The molecule has 0 bridgehead atoms. The molecule has 8 nitrogen and oxygen atoms in total. The smallest absolute Gasteiger partial charge is 0.267 e. The largest absolute Gasteiger partial charge is 0.490 e. The van der Waals surface area contributed by atoms with E-state index >= 15 is 0 Å². The fourth-order valence-corrected chi connectivity index (χ4v) is 2.82. The number of hydrogen-bond acceptors (Lipinski definition) is 5. The van der Waals surface area contributed by atoms with E-state index in [1.807, 2.05) is 39.0 Å². The van der Waals surface area contributed by atoms with Crippen LogP contribution in [-0.2, 0) is 18.4 Å². The summed E-state index contributed by atoms with van der Waals surface area (Å²) >= 11 is 0. The van der Waals surface area contributed by atoms with E-state index in [0.717, 1.165) is 21.1 Å². The van der Waals surface area contributed by atoms with E-state index in [0.29, 0.717) is 17.3 Å². The number of anilines is 1. The number of benzene rings is 1. The Hall–Kier alpha value is -3.16. The van der Waals surface area contributed by atoms with Crippen LogP contribution in [0.4, 0.5) is 5.82 Å². The molecule has 3 rings (SSSR count). The number of nitrogens with one attached hydrogen (secondary N) is 1. The van der Waals surface area contributed by atoms with E-state index < -0.39 is 0 Å². The molecule has 142 valence electrons. The van der Waals surface area contributed by atoms with Gasteiger partial charge in [-0.2, -0.15) is 10.2 Å². The van der Waals surface area contributed by atoms with Crippen molar-refractivity contribution < 1.29 is 9.53 Å². The van der Waals surface area contributed by atoms with Crippen molar-refractivity contribution in [2.75, 3.05) is 5.32 Å². The summed E-state index contributed by atoms with van der Waals surface area (Å²) in [6.45, 7) is 7.29. The molecule has 0 saturated carbocycles. The van der Waals surface area contributed by atoms with E-state index in [-0.39, 0.29) is 24.1 Å². The number of aryl methyl sites for hydroxylation is 3. The lowest BCUT2D eigenvalue weighted by molar-refractivity contribution is -0.117. The number of amides is 1. The third-order valence-electron chi connectivity index (χ3n) is 4.19. The molecule has 3 aromatic rings. The Kier molecular flexibility index (Phi) is 4.98. The van der Waals surface area contributed by atoms with Gasteiger partial charge in [-0.3, -0.25) is 14.3 Å². The maximum absolute atomic E-state index is 12.5. The Labute approximate surface area is 156 Å².